The van der Waals surface area contributed by atoms with Crippen LogP contribution in [-0.2, 0) is 11.2 Å². The quantitative estimate of drug-likeness (QED) is 0.860. The zero-order valence-corrected chi connectivity index (χ0v) is 12.0. The third-order valence-electron chi connectivity index (χ3n) is 3.51. The molecule has 1 atom stereocenters. The Kier molecular flexibility index (Phi) is 4.60. The Morgan fingerprint density at radius 1 is 1.32 bits per heavy atom. The van der Waals surface area contributed by atoms with Crippen molar-refractivity contribution in [2.75, 3.05) is 0 Å². The first-order chi connectivity index (χ1) is 10.5. The van der Waals surface area contributed by atoms with Crippen LogP contribution in [-0.4, -0.2) is 22.5 Å². The van der Waals surface area contributed by atoms with Gasteiger partial charge in [-0.2, -0.15) is 0 Å². The molecule has 22 heavy (non-hydrogen) atoms. The zero-order valence-electron chi connectivity index (χ0n) is 12.0. The van der Waals surface area contributed by atoms with Crippen molar-refractivity contribution in [3.05, 3.63) is 59.8 Å². The first-order valence-electron chi connectivity index (χ1n) is 6.81. The number of amides is 1. The molecule has 6 heteroatoms. The maximum atomic E-state index is 13.3. The van der Waals surface area contributed by atoms with Gasteiger partial charge in [0.15, 0.2) is 5.76 Å². The Balaban J connectivity index is 2.27. The molecule has 2 N–H and O–H groups in total. The highest BCUT2D eigenvalue weighted by molar-refractivity contribution is 5.95. The van der Waals surface area contributed by atoms with Crippen LogP contribution in [0.15, 0.2) is 47.1 Å². The highest BCUT2D eigenvalue weighted by Gasteiger charge is 2.39. The molecule has 0 aliphatic heterocycles. The van der Waals surface area contributed by atoms with E-state index in [9.17, 15) is 19.1 Å². The first-order valence-corrected chi connectivity index (χ1v) is 6.81. The highest BCUT2D eigenvalue weighted by atomic mass is 19.1. The minimum atomic E-state index is -1.53. The number of halogens is 1. The van der Waals surface area contributed by atoms with Crippen LogP contribution in [0.1, 0.15) is 29.5 Å². The molecule has 1 amide bonds. The summed E-state index contributed by atoms with van der Waals surface area (Å²) in [5, 5.41) is 12.1. The van der Waals surface area contributed by atoms with Crippen LogP contribution < -0.4 is 5.32 Å². The number of carbonyl (C=O) groups excluding carboxylic acids is 1. The summed E-state index contributed by atoms with van der Waals surface area (Å²) in [7, 11) is 0. The molecule has 0 saturated heterocycles. The number of nitrogens with one attached hydrogen (secondary N) is 1. The molecule has 116 valence electrons. The number of hydrogen-bond acceptors (Lipinski definition) is 3. The molecule has 2 aromatic rings. The van der Waals surface area contributed by atoms with E-state index >= 15 is 0 Å². The fraction of sp³-hybridized carbons (Fsp3) is 0.250. The molecule has 0 aliphatic carbocycles. The number of aliphatic carboxylic acids is 1. The van der Waals surface area contributed by atoms with Crippen LogP contribution in [0.2, 0.25) is 0 Å². The van der Waals surface area contributed by atoms with E-state index < -0.39 is 23.2 Å². The maximum Gasteiger partial charge on any atom is 0.329 e. The number of carboxylic acids is 1. The van der Waals surface area contributed by atoms with Gasteiger partial charge in [0.25, 0.3) is 5.91 Å². The van der Waals surface area contributed by atoms with Gasteiger partial charge >= 0.3 is 5.97 Å². The summed E-state index contributed by atoms with van der Waals surface area (Å²) in [6.07, 6.45) is 1.45. The van der Waals surface area contributed by atoms with E-state index in [-0.39, 0.29) is 18.6 Å². The molecule has 1 aromatic heterocycles. The predicted molar refractivity (Wildman–Crippen MR) is 76.9 cm³/mol. The highest BCUT2D eigenvalue weighted by Crippen LogP contribution is 2.20. The Morgan fingerprint density at radius 2 is 2.09 bits per heavy atom. The predicted octanol–water partition coefficient (Wildman–Crippen LogP) is 2.62. The van der Waals surface area contributed by atoms with Crippen LogP contribution >= 0.6 is 0 Å². The summed E-state index contributed by atoms with van der Waals surface area (Å²) < 4.78 is 18.3. The van der Waals surface area contributed by atoms with Crippen molar-refractivity contribution in [2.45, 2.75) is 25.3 Å². The van der Waals surface area contributed by atoms with Crippen molar-refractivity contribution < 1.29 is 23.5 Å². The molecule has 5 nitrogen and oxygen atoms in total. The van der Waals surface area contributed by atoms with Gasteiger partial charge in [-0.05, 0) is 36.2 Å². The van der Waals surface area contributed by atoms with E-state index in [1.807, 2.05) is 0 Å². The average molecular weight is 305 g/mol. The average Bonchev–Trinajstić information content (AvgIpc) is 3.00. The molecule has 0 saturated carbocycles. The van der Waals surface area contributed by atoms with Gasteiger partial charge in [0, 0.05) is 6.42 Å². The molecule has 0 fully saturated rings. The van der Waals surface area contributed by atoms with Gasteiger partial charge in [-0.3, -0.25) is 4.79 Å². The van der Waals surface area contributed by atoms with Crippen LogP contribution in [0.5, 0.6) is 0 Å². The Morgan fingerprint density at radius 3 is 2.64 bits per heavy atom. The summed E-state index contributed by atoms with van der Waals surface area (Å²) in [4.78, 5) is 23.8. The normalized spacial score (nSPS) is 13.4. The molecular weight excluding hydrogens is 289 g/mol. The van der Waals surface area contributed by atoms with Gasteiger partial charge in [-0.1, -0.05) is 19.1 Å². The van der Waals surface area contributed by atoms with Crippen LogP contribution in [0.4, 0.5) is 4.39 Å². The van der Waals surface area contributed by atoms with Crippen molar-refractivity contribution in [3.8, 4) is 0 Å². The second-order valence-corrected chi connectivity index (χ2v) is 4.98. The molecule has 1 aromatic carbocycles. The summed E-state index contributed by atoms with van der Waals surface area (Å²) >= 11 is 0. The maximum absolute atomic E-state index is 13.3. The lowest BCUT2D eigenvalue weighted by Crippen LogP contribution is -2.55. The van der Waals surface area contributed by atoms with Gasteiger partial charge in [0.2, 0.25) is 0 Å². The Hall–Kier alpha value is -2.63. The second-order valence-electron chi connectivity index (χ2n) is 4.98. The molecular formula is C16H16FNO4. The second kappa shape index (κ2) is 6.43. The summed E-state index contributed by atoms with van der Waals surface area (Å²) in [6.45, 7) is 1.65. The number of furan rings is 1. The number of benzene rings is 1. The number of hydrogen-bond donors (Lipinski definition) is 2. The third-order valence-corrected chi connectivity index (χ3v) is 3.51. The standard InChI is InChI=1S/C16H16FNO4/c1-2-16(15(20)21,10-11-5-3-6-12(17)9-11)18-14(19)13-7-4-8-22-13/h3-9H,2,10H2,1H3,(H,18,19)(H,20,21)/t16-/m0/s1. The van der Waals surface area contributed by atoms with Gasteiger partial charge in [0.05, 0.1) is 6.26 Å². The van der Waals surface area contributed by atoms with Gasteiger partial charge in [-0.25, -0.2) is 9.18 Å². The van der Waals surface area contributed by atoms with E-state index in [1.54, 1.807) is 13.0 Å². The lowest BCUT2D eigenvalue weighted by molar-refractivity contribution is -0.144. The zero-order chi connectivity index (χ0) is 16.2. The van der Waals surface area contributed by atoms with Crippen molar-refractivity contribution in [1.82, 2.24) is 5.32 Å². The fourth-order valence-electron chi connectivity index (χ4n) is 2.22. The molecule has 0 spiro atoms. The minimum absolute atomic E-state index is 0.0248. The number of rotatable bonds is 6. The monoisotopic (exact) mass is 305 g/mol. The fourth-order valence-corrected chi connectivity index (χ4v) is 2.22. The van der Waals surface area contributed by atoms with Crippen molar-refractivity contribution in [3.63, 3.8) is 0 Å². The Bertz CT molecular complexity index is 669. The molecule has 0 unspecified atom stereocenters. The van der Waals surface area contributed by atoms with Crippen molar-refractivity contribution >= 4 is 11.9 Å². The molecule has 0 aliphatic rings. The first kappa shape index (κ1) is 15.8. The minimum Gasteiger partial charge on any atom is -0.479 e. The van der Waals surface area contributed by atoms with E-state index in [2.05, 4.69) is 5.32 Å². The van der Waals surface area contributed by atoms with Crippen LogP contribution in [0, 0.1) is 5.82 Å². The Labute approximate surface area is 126 Å². The molecule has 2 rings (SSSR count). The summed E-state index contributed by atoms with van der Waals surface area (Å²) in [5.41, 5.74) is -1.04. The third kappa shape index (κ3) is 3.33. The smallest absolute Gasteiger partial charge is 0.329 e. The van der Waals surface area contributed by atoms with Crippen molar-refractivity contribution in [2.24, 2.45) is 0 Å². The van der Waals surface area contributed by atoms with Crippen molar-refractivity contribution in [1.29, 1.82) is 0 Å². The number of carboxylic acid groups (broad SMARTS) is 1. The lowest BCUT2D eigenvalue weighted by Gasteiger charge is -2.29. The van der Waals surface area contributed by atoms with Gasteiger partial charge in [-0.15, -0.1) is 0 Å². The topological polar surface area (TPSA) is 79.5 Å². The summed E-state index contributed by atoms with van der Waals surface area (Å²) in [5.74, 6) is -2.23. The molecule has 0 radical (unpaired) electrons. The van der Waals surface area contributed by atoms with Gasteiger partial charge < -0.3 is 14.8 Å². The van der Waals surface area contributed by atoms with E-state index in [4.69, 9.17) is 4.42 Å². The number of carbonyl (C=O) groups is 2. The molecule has 0 bridgehead atoms. The van der Waals surface area contributed by atoms with Crippen LogP contribution in [0.3, 0.4) is 0 Å². The largest absolute Gasteiger partial charge is 0.479 e. The SMILES string of the molecule is CC[C@@](Cc1cccc(F)c1)(NC(=O)c1ccco1)C(=O)O. The van der Waals surface area contributed by atoms with E-state index in [0.717, 1.165) is 0 Å². The van der Waals surface area contributed by atoms with E-state index in [1.165, 1.54) is 36.6 Å². The lowest BCUT2D eigenvalue weighted by atomic mass is 9.88. The van der Waals surface area contributed by atoms with Gasteiger partial charge in [0.1, 0.15) is 11.4 Å². The van der Waals surface area contributed by atoms with Crippen LogP contribution in [0.25, 0.3) is 0 Å². The summed E-state index contributed by atoms with van der Waals surface area (Å²) in [6, 6.07) is 8.64. The van der Waals surface area contributed by atoms with E-state index in [0.29, 0.717) is 5.56 Å². The molecule has 1 heterocycles.